The van der Waals surface area contributed by atoms with E-state index in [1.54, 1.807) is 25.4 Å². The number of halogens is 4. The van der Waals surface area contributed by atoms with E-state index in [0.717, 1.165) is 12.1 Å². The maximum atomic E-state index is 12.8. The number of hydrogen-bond acceptors (Lipinski definition) is 2. The Bertz CT molecular complexity index is 566. The van der Waals surface area contributed by atoms with Gasteiger partial charge in [-0.2, -0.15) is 13.2 Å². The van der Waals surface area contributed by atoms with E-state index < -0.39 is 11.7 Å². The third kappa shape index (κ3) is 3.43. The molecule has 0 aliphatic carbocycles. The van der Waals surface area contributed by atoms with Gasteiger partial charge >= 0.3 is 6.18 Å². The van der Waals surface area contributed by atoms with Gasteiger partial charge in [-0.15, -0.1) is 0 Å². The summed E-state index contributed by atoms with van der Waals surface area (Å²) in [5.74, 6) is 0.716. The van der Waals surface area contributed by atoms with Crippen molar-refractivity contribution in [2.75, 3.05) is 7.05 Å². The zero-order valence-electron chi connectivity index (χ0n) is 10.7. The van der Waals surface area contributed by atoms with Crippen LogP contribution in [0.5, 0.6) is 0 Å². The van der Waals surface area contributed by atoms with E-state index in [0.29, 0.717) is 22.2 Å². The number of alkyl halides is 3. The number of benzene rings is 1. The van der Waals surface area contributed by atoms with Gasteiger partial charge in [0.1, 0.15) is 5.76 Å². The molecule has 1 atom stereocenters. The molecule has 108 valence electrons. The fourth-order valence-electron chi connectivity index (χ4n) is 1.98. The zero-order chi connectivity index (χ0) is 14.8. The molecule has 0 bridgehead atoms. The molecule has 1 heterocycles. The molecule has 0 saturated carbocycles. The quantitative estimate of drug-likeness (QED) is 0.876. The Kier molecular flexibility index (Phi) is 4.55. The second-order valence-corrected chi connectivity index (χ2v) is 5.21. The lowest BCUT2D eigenvalue weighted by Crippen LogP contribution is -2.20. The summed E-state index contributed by atoms with van der Waals surface area (Å²) in [5.41, 5.74) is -0.103. The minimum absolute atomic E-state index is 0.266. The van der Waals surface area contributed by atoms with Gasteiger partial charge < -0.3 is 9.73 Å². The van der Waals surface area contributed by atoms with E-state index >= 15 is 0 Å². The van der Waals surface area contributed by atoms with Crippen molar-refractivity contribution in [2.45, 2.75) is 18.6 Å². The summed E-state index contributed by atoms with van der Waals surface area (Å²) < 4.78 is 44.3. The lowest BCUT2D eigenvalue weighted by atomic mass is 10.00. The van der Waals surface area contributed by atoms with Crippen LogP contribution < -0.4 is 5.32 Å². The van der Waals surface area contributed by atoms with Gasteiger partial charge in [-0.3, -0.25) is 0 Å². The van der Waals surface area contributed by atoms with E-state index in [2.05, 4.69) is 21.2 Å². The molecule has 2 aromatic rings. The third-order valence-corrected chi connectivity index (χ3v) is 3.75. The topological polar surface area (TPSA) is 25.2 Å². The van der Waals surface area contributed by atoms with Crippen LogP contribution in [0.2, 0.25) is 0 Å². The molecule has 0 spiro atoms. The van der Waals surface area contributed by atoms with Crippen molar-refractivity contribution in [1.29, 1.82) is 0 Å². The average molecular weight is 348 g/mol. The van der Waals surface area contributed by atoms with Crippen LogP contribution >= 0.6 is 15.9 Å². The first-order chi connectivity index (χ1) is 9.41. The lowest BCUT2D eigenvalue weighted by molar-refractivity contribution is -0.137. The van der Waals surface area contributed by atoms with Crippen molar-refractivity contribution in [3.8, 4) is 0 Å². The molecule has 20 heavy (non-hydrogen) atoms. The van der Waals surface area contributed by atoms with Crippen molar-refractivity contribution in [1.82, 2.24) is 5.32 Å². The first kappa shape index (κ1) is 15.1. The molecule has 1 aromatic heterocycles. The van der Waals surface area contributed by atoms with Crippen LogP contribution in [0, 0.1) is 0 Å². The van der Waals surface area contributed by atoms with Crippen molar-refractivity contribution in [2.24, 2.45) is 0 Å². The second kappa shape index (κ2) is 6.01. The summed E-state index contributed by atoms with van der Waals surface area (Å²) in [6, 6.07) is 6.93. The highest BCUT2D eigenvalue weighted by Gasteiger charge is 2.31. The lowest BCUT2D eigenvalue weighted by Gasteiger charge is -2.19. The molecular formula is C14H13BrF3NO. The van der Waals surface area contributed by atoms with Crippen molar-refractivity contribution in [3.05, 3.63) is 58.0 Å². The molecule has 6 heteroatoms. The van der Waals surface area contributed by atoms with Gasteiger partial charge in [0, 0.05) is 16.9 Å². The van der Waals surface area contributed by atoms with E-state index in [4.69, 9.17) is 4.42 Å². The Balaban J connectivity index is 2.33. The predicted octanol–water partition coefficient (Wildman–Crippen LogP) is 4.56. The van der Waals surface area contributed by atoms with E-state index in [9.17, 15) is 13.2 Å². The van der Waals surface area contributed by atoms with E-state index in [-0.39, 0.29) is 6.04 Å². The molecule has 0 aliphatic rings. The minimum Gasteiger partial charge on any atom is -0.469 e. The van der Waals surface area contributed by atoms with Crippen molar-refractivity contribution >= 4 is 15.9 Å². The smallest absolute Gasteiger partial charge is 0.416 e. The Morgan fingerprint density at radius 1 is 1.30 bits per heavy atom. The number of rotatable bonds is 4. The maximum Gasteiger partial charge on any atom is 0.416 e. The number of furan rings is 1. The predicted molar refractivity (Wildman–Crippen MR) is 73.4 cm³/mol. The molecular weight excluding hydrogens is 335 g/mol. The van der Waals surface area contributed by atoms with Crippen LogP contribution in [0.25, 0.3) is 0 Å². The van der Waals surface area contributed by atoms with Crippen LogP contribution in [0.4, 0.5) is 13.2 Å². The third-order valence-electron chi connectivity index (χ3n) is 3.03. The molecule has 0 radical (unpaired) electrons. The molecule has 0 saturated heterocycles. The average Bonchev–Trinajstić information content (AvgIpc) is 2.88. The number of nitrogens with one attached hydrogen (secondary N) is 1. The van der Waals surface area contributed by atoms with Crippen LogP contribution in [-0.4, -0.2) is 7.05 Å². The zero-order valence-corrected chi connectivity index (χ0v) is 12.3. The van der Waals surface area contributed by atoms with Crippen LogP contribution in [0.1, 0.15) is 22.9 Å². The summed E-state index contributed by atoms with van der Waals surface area (Å²) in [4.78, 5) is 0. The SMILES string of the molecule is CNC(Cc1ccco1)c1cc(C(F)(F)F)ccc1Br. The van der Waals surface area contributed by atoms with Gasteiger partial charge in [0.2, 0.25) is 0 Å². The van der Waals surface area contributed by atoms with Crippen LogP contribution in [0.15, 0.2) is 45.5 Å². The summed E-state index contributed by atoms with van der Waals surface area (Å²) >= 11 is 3.30. The number of hydrogen-bond donors (Lipinski definition) is 1. The monoisotopic (exact) mass is 347 g/mol. The first-order valence-corrected chi connectivity index (χ1v) is 6.77. The van der Waals surface area contributed by atoms with E-state index in [1.165, 1.54) is 6.07 Å². The molecule has 1 N–H and O–H groups in total. The highest BCUT2D eigenvalue weighted by molar-refractivity contribution is 9.10. The summed E-state index contributed by atoms with van der Waals surface area (Å²) in [6.45, 7) is 0. The molecule has 2 nitrogen and oxygen atoms in total. The van der Waals surface area contributed by atoms with Gasteiger partial charge in [-0.1, -0.05) is 15.9 Å². The van der Waals surface area contributed by atoms with Gasteiger partial charge in [0.15, 0.2) is 0 Å². The summed E-state index contributed by atoms with van der Waals surface area (Å²) in [7, 11) is 1.71. The number of likely N-dealkylation sites (N-methyl/N-ethyl adjacent to an activating group) is 1. The van der Waals surface area contributed by atoms with Crippen molar-refractivity contribution < 1.29 is 17.6 Å². The highest BCUT2D eigenvalue weighted by atomic mass is 79.9. The van der Waals surface area contributed by atoms with Crippen LogP contribution in [-0.2, 0) is 12.6 Å². The Morgan fingerprint density at radius 3 is 2.60 bits per heavy atom. The fourth-order valence-corrected chi connectivity index (χ4v) is 2.51. The Hall–Kier alpha value is -1.27. The van der Waals surface area contributed by atoms with E-state index in [1.807, 2.05) is 0 Å². The van der Waals surface area contributed by atoms with Gasteiger partial charge in [-0.05, 0) is 42.9 Å². The highest BCUT2D eigenvalue weighted by Crippen LogP contribution is 2.34. The standard InChI is InChI=1S/C14H13BrF3NO/c1-19-13(8-10-3-2-6-20-10)11-7-9(14(16,17)18)4-5-12(11)15/h2-7,13,19H,8H2,1H3. The molecule has 2 rings (SSSR count). The molecule has 1 unspecified atom stereocenters. The van der Waals surface area contributed by atoms with Gasteiger partial charge in [0.05, 0.1) is 11.8 Å². The molecule has 0 aliphatic heterocycles. The molecule has 1 aromatic carbocycles. The normalized spacial score (nSPS) is 13.4. The summed E-state index contributed by atoms with van der Waals surface area (Å²) in [6.07, 6.45) is -2.33. The van der Waals surface area contributed by atoms with Gasteiger partial charge in [0.25, 0.3) is 0 Å². The Morgan fingerprint density at radius 2 is 2.05 bits per heavy atom. The van der Waals surface area contributed by atoms with Crippen molar-refractivity contribution in [3.63, 3.8) is 0 Å². The summed E-state index contributed by atoms with van der Waals surface area (Å²) in [5, 5.41) is 3.02. The fraction of sp³-hybridized carbons (Fsp3) is 0.286. The minimum atomic E-state index is -4.35. The van der Waals surface area contributed by atoms with Crippen LogP contribution in [0.3, 0.4) is 0 Å². The van der Waals surface area contributed by atoms with Gasteiger partial charge in [-0.25, -0.2) is 0 Å². The second-order valence-electron chi connectivity index (χ2n) is 4.36. The largest absolute Gasteiger partial charge is 0.469 e. The first-order valence-electron chi connectivity index (χ1n) is 5.98. The maximum absolute atomic E-state index is 12.8. The molecule has 0 amide bonds. The Labute approximate surface area is 123 Å². The molecule has 0 fully saturated rings.